The Hall–Kier alpha value is -2.83. The van der Waals surface area contributed by atoms with E-state index in [0.29, 0.717) is 13.0 Å². The lowest BCUT2D eigenvalue weighted by Gasteiger charge is -2.42. The molecule has 14 nitrogen and oxygen atoms in total. The number of aliphatic hydroxyl groups excluding tert-OH is 7. The van der Waals surface area contributed by atoms with Crippen LogP contribution in [-0.4, -0.2) is 142 Å². The van der Waals surface area contributed by atoms with Gasteiger partial charge in [-0.2, -0.15) is 0 Å². The van der Waals surface area contributed by atoms with Crippen LogP contribution < -0.4 is 0 Å². The molecule has 414 valence electrons. The number of carbonyl (C=O) groups excluding carboxylic acids is 1. The average molecular weight is 1020 g/mol. The largest absolute Gasteiger partial charge is 0.457 e. The smallest absolute Gasteiger partial charge is 0.306 e. The van der Waals surface area contributed by atoms with Crippen LogP contribution in [0.4, 0.5) is 0 Å². The standard InChI is InChI=1S/C58H98O14/c1-3-5-7-9-11-13-15-17-19-21-23-24-26-28-30-32-34-36-38-40-42-67-44-47(70-50(60)41-39-37-35-33-31-29-27-25-22-20-18-16-14-12-10-8-6-4-2)45-68-57-56(66)54(64)52(62)49(72-57)46-69-58-55(65)53(63)51(61)48(43-59)71-58/h5,7,11,13,17,19-20,22-24,28,30,34,36,47-49,51-59,61-66H,3-4,6,8-10,12,14-16,18,21,25-27,29,31-33,35,37-46H2,1-2H3/b7-5-,13-11-,19-17-,22-20-,24-23-,30-28-,36-34-. The van der Waals surface area contributed by atoms with E-state index in [0.717, 1.165) is 77.0 Å². The summed E-state index contributed by atoms with van der Waals surface area (Å²) in [5, 5.41) is 72.3. The van der Waals surface area contributed by atoms with Gasteiger partial charge in [0.15, 0.2) is 12.6 Å². The van der Waals surface area contributed by atoms with Gasteiger partial charge in [-0.05, 0) is 83.5 Å². The molecule has 72 heavy (non-hydrogen) atoms. The van der Waals surface area contributed by atoms with Gasteiger partial charge in [-0.25, -0.2) is 0 Å². The lowest BCUT2D eigenvalue weighted by atomic mass is 9.98. The third-order valence-electron chi connectivity index (χ3n) is 12.6. The Morgan fingerprint density at radius 2 is 0.903 bits per heavy atom. The second kappa shape index (κ2) is 44.5. The van der Waals surface area contributed by atoms with Crippen molar-refractivity contribution in [2.45, 2.75) is 242 Å². The quantitative estimate of drug-likeness (QED) is 0.0172. The molecule has 14 heteroatoms. The first kappa shape index (κ1) is 65.3. The molecule has 11 unspecified atom stereocenters. The fourth-order valence-corrected chi connectivity index (χ4v) is 8.18. The van der Waals surface area contributed by atoms with Gasteiger partial charge in [0, 0.05) is 13.0 Å². The van der Waals surface area contributed by atoms with Crippen LogP contribution in [0.15, 0.2) is 85.1 Å². The average Bonchev–Trinajstić information content (AvgIpc) is 3.38. The molecule has 7 N–H and O–H groups in total. The zero-order chi connectivity index (χ0) is 52.3. The van der Waals surface area contributed by atoms with Gasteiger partial charge in [0.25, 0.3) is 0 Å². The number of allylic oxidation sites excluding steroid dienone is 14. The van der Waals surface area contributed by atoms with Gasteiger partial charge in [-0.3, -0.25) is 4.79 Å². The molecule has 2 aliphatic heterocycles. The van der Waals surface area contributed by atoms with Gasteiger partial charge in [0.2, 0.25) is 0 Å². The van der Waals surface area contributed by atoms with Crippen LogP contribution in [0.25, 0.3) is 0 Å². The molecular formula is C58H98O14. The molecule has 0 aromatic heterocycles. The number of esters is 1. The molecule has 0 aliphatic carbocycles. The van der Waals surface area contributed by atoms with Crippen molar-refractivity contribution in [3.63, 3.8) is 0 Å². The maximum atomic E-state index is 13.0. The maximum absolute atomic E-state index is 13.0. The van der Waals surface area contributed by atoms with Gasteiger partial charge in [0.1, 0.15) is 54.9 Å². The Morgan fingerprint density at radius 3 is 1.43 bits per heavy atom. The molecule has 11 atom stereocenters. The first-order chi connectivity index (χ1) is 35.1. The molecular weight excluding hydrogens is 921 g/mol. The fourth-order valence-electron chi connectivity index (χ4n) is 8.18. The third kappa shape index (κ3) is 31.1. The molecule has 0 spiro atoms. The summed E-state index contributed by atoms with van der Waals surface area (Å²) >= 11 is 0. The third-order valence-corrected chi connectivity index (χ3v) is 12.6. The molecule has 2 heterocycles. The van der Waals surface area contributed by atoms with Crippen molar-refractivity contribution in [3.05, 3.63) is 85.1 Å². The molecule has 2 saturated heterocycles. The van der Waals surface area contributed by atoms with Crippen LogP contribution >= 0.6 is 0 Å². The first-order valence-corrected chi connectivity index (χ1v) is 27.7. The van der Waals surface area contributed by atoms with Crippen molar-refractivity contribution in [3.8, 4) is 0 Å². The van der Waals surface area contributed by atoms with E-state index in [4.69, 9.17) is 28.4 Å². The van der Waals surface area contributed by atoms with E-state index in [-0.39, 0.29) is 19.6 Å². The summed E-state index contributed by atoms with van der Waals surface area (Å²) in [5.41, 5.74) is 0. The van der Waals surface area contributed by atoms with Gasteiger partial charge in [-0.15, -0.1) is 0 Å². The predicted octanol–water partition coefficient (Wildman–Crippen LogP) is 9.24. The Bertz CT molecular complexity index is 1510. The number of hydrogen-bond donors (Lipinski definition) is 7. The summed E-state index contributed by atoms with van der Waals surface area (Å²) in [6, 6.07) is 0. The highest BCUT2D eigenvalue weighted by Crippen LogP contribution is 2.26. The Labute approximate surface area is 433 Å². The second-order valence-corrected chi connectivity index (χ2v) is 19.0. The van der Waals surface area contributed by atoms with Crippen LogP contribution in [0.5, 0.6) is 0 Å². The van der Waals surface area contributed by atoms with Crippen LogP contribution in [-0.2, 0) is 33.2 Å². The predicted molar refractivity (Wildman–Crippen MR) is 284 cm³/mol. The van der Waals surface area contributed by atoms with Gasteiger partial charge >= 0.3 is 5.97 Å². The van der Waals surface area contributed by atoms with E-state index in [1.54, 1.807) is 0 Å². The number of carbonyl (C=O) groups is 1. The molecule has 0 aromatic rings. The topological polar surface area (TPSA) is 214 Å². The lowest BCUT2D eigenvalue weighted by Crippen LogP contribution is -2.61. The molecule has 0 aromatic carbocycles. The molecule has 0 bridgehead atoms. The van der Waals surface area contributed by atoms with E-state index >= 15 is 0 Å². The Balaban J connectivity index is 1.78. The highest BCUT2D eigenvalue weighted by Gasteiger charge is 2.47. The molecule has 0 amide bonds. The second-order valence-electron chi connectivity index (χ2n) is 19.0. The van der Waals surface area contributed by atoms with Crippen molar-refractivity contribution in [1.29, 1.82) is 0 Å². The van der Waals surface area contributed by atoms with Crippen LogP contribution in [0.1, 0.15) is 174 Å². The summed E-state index contributed by atoms with van der Waals surface area (Å²) in [6.07, 6.45) is 40.8. The molecule has 0 radical (unpaired) electrons. The lowest BCUT2D eigenvalue weighted by molar-refractivity contribution is -0.332. The number of unbranched alkanes of at least 4 members (excludes halogenated alkanes) is 15. The highest BCUT2D eigenvalue weighted by atomic mass is 16.7. The van der Waals surface area contributed by atoms with Crippen molar-refractivity contribution in [2.75, 3.05) is 33.0 Å². The summed E-state index contributed by atoms with van der Waals surface area (Å²) < 4.78 is 34.2. The Kier molecular flexibility index (Phi) is 40.3. The van der Waals surface area contributed by atoms with E-state index in [2.05, 4.69) is 98.9 Å². The summed E-state index contributed by atoms with van der Waals surface area (Å²) in [6.45, 7) is 3.40. The number of rotatable bonds is 43. The first-order valence-electron chi connectivity index (χ1n) is 27.7. The Morgan fingerprint density at radius 1 is 0.472 bits per heavy atom. The van der Waals surface area contributed by atoms with Crippen molar-refractivity contribution in [1.82, 2.24) is 0 Å². The van der Waals surface area contributed by atoms with E-state index in [1.165, 1.54) is 70.6 Å². The zero-order valence-electron chi connectivity index (χ0n) is 44.1. The minimum atomic E-state index is -1.72. The number of aliphatic hydroxyl groups is 7. The van der Waals surface area contributed by atoms with E-state index in [1.807, 2.05) is 0 Å². The van der Waals surface area contributed by atoms with Crippen molar-refractivity contribution in [2.24, 2.45) is 0 Å². The van der Waals surface area contributed by atoms with E-state index < -0.39 is 86.7 Å². The van der Waals surface area contributed by atoms with Crippen molar-refractivity contribution >= 4 is 5.97 Å². The van der Waals surface area contributed by atoms with Crippen molar-refractivity contribution < 1.29 is 69.0 Å². The summed E-state index contributed by atoms with van der Waals surface area (Å²) in [7, 11) is 0. The van der Waals surface area contributed by atoms with Gasteiger partial charge in [0.05, 0.1) is 26.4 Å². The van der Waals surface area contributed by atoms with Gasteiger partial charge in [-0.1, -0.05) is 170 Å². The molecule has 2 fully saturated rings. The monoisotopic (exact) mass is 1020 g/mol. The van der Waals surface area contributed by atoms with Gasteiger partial charge < -0.3 is 64.2 Å². The number of hydrogen-bond acceptors (Lipinski definition) is 14. The zero-order valence-corrected chi connectivity index (χ0v) is 44.1. The minimum Gasteiger partial charge on any atom is -0.457 e. The summed E-state index contributed by atoms with van der Waals surface area (Å²) in [4.78, 5) is 13.0. The van der Waals surface area contributed by atoms with Crippen LogP contribution in [0, 0.1) is 0 Å². The molecule has 0 saturated carbocycles. The summed E-state index contributed by atoms with van der Waals surface area (Å²) in [5.74, 6) is -0.403. The highest BCUT2D eigenvalue weighted by molar-refractivity contribution is 5.69. The van der Waals surface area contributed by atoms with Crippen LogP contribution in [0.3, 0.4) is 0 Å². The molecule has 2 rings (SSSR count). The van der Waals surface area contributed by atoms with E-state index in [9.17, 15) is 40.5 Å². The van der Waals surface area contributed by atoms with Crippen LogP contribution in [0.2, 0.25) is 0 Å². The maximum Gasteiger partial charge on any atom is 0.306 e. The number of ether oxygens (including phenoxy) is 6. The molecule has 2 aliphatic rings. The SMILES string of the molecule is CC/C=C\C/C=C\C/C=C\C/C=C\C/C=C\C/C=C\CCCOCC(COC1OC(COC2OC(CO)C(O)C(O)C2O)C(O)C(O)C1O)OC(=O)CCCCCCCCC/C=C\CCCCCCCCC. The fraction of sp³-hybridized carbons (Fsp3) is 0.741. The minimum absolute atomic E-state index is 0.0153. The normalized spacial score (nSPS) is 25.8.